The van der Waals surface area contributed by atoms with E-state index in [1.54, 1.807) is 23.6 Å². The van der Waals surface area contributed by atoms with Gasteiger partial charge in [0.15, 0.2) is 0 Å². The Balaban J connectivity index is 1.89. The van der Waals surface area contributed by atoms with Gasteiger partial charge in [0.1, 0.15) is 0 Å². The summed E-state index contributed by atoms with van der Waals surface area (Å²) in [6, 6.07) is 9.70. The van der Waals surface area contributed by atoms with Crippen LogP contribution in [0.15, 0.2) is 30.3 Å². The molecule has 6 nitrogen and oxygen atoms in total. The van der Waals surface area contributed by atoms with Gasteiger partial charge in [-0.05, 0) is 31.7 Å². The number of likely N-dealkylation sites (tertiary alicyclic amines) is 2. The van der Waals surface area contributed by atoms with E-state index in [2.05, 4.69) is 0 Å². The predicted octanol–water partition coefficient (Wildman–Crippen LogP) is 1.89. The molecule has 140 valence electrons. The van der Waals surface area contributed by atoms with Crippen LogP contribution in [0.2, 0.25) is 0 Å². The van der Waals surface area contributed by atoms with E-state index in [0.29, 0.717) is 38.9 Å². The van der Waals surface area contributed by atoms with Crippen LogP contribution < -0.4 is 0 Å². The van der Waals surface area contributed by atoms with Gasteiger partial charge in [-0.1, -0.05) is 30.3 Å². The normalized spacial score (nSPS) is 25.2. The van der Waals surface area contributed by atoms with Crippen LogP contribution >= 0.6 is 0 Å². The highest BCUT2D eigenvalue weighted by atomic mass is 16.4. The van der Waals surface area contributed by atoms with E-state index < -0.39 is 16.8 Å². The molecule has 6 heteroatoms. The number of carbonyl (C=O) groups is 3. The fourth-order valence-corrected chi connectivity index (χ4v) is 4.20. The first-order valence-electron chi connectivity index (χ1n) is 9.12. The molecule has 2 fully saturated rings. The highest BCUT2D eigenvalue weighted by molar-refractivity contribution is 5.90. The van der Waals surface area contributed by atoms with E-state index in [-0.39, 0.29) is 18.4 Å². The van der Waals surface area contributed by atoms with Crippen molar-refractivity contribution < 1.29 is 19.5 Å². The second-order valence-corrected chi connectivity index (χ2v) is 7.80. The summed E-state index contributed by atoms with van der Waals surface area (Å²) in [6.45, 7) is 5.05. The van der Waals surface area contributed by atoms with Crippen molar-refractivity contribution in [2.45, 2.75) is 38.5 Å². The number of rotatable bonds is 3. The van der Waals surface area contributed by atoms with Crippen LogP contribution in [0.4, 0.5) is 0 Å². The topological polar surface area (TPSA) is 77.9 Å². The standard InChI is InChI=1S/C20H26N2O4/c1-15(23)21-12-9-20(10-13-21,16-6-4-3-5-7-16)17(24)22-11-8-19(2,14-22)18(25)26/h3-7H,8-14H2,1-2H3,(H,25,26)/t19-/m1/s1. The number of piperidine rings is 1. The molecule has 0 aromatic heterocycles. The zero-order valence-corrected chi connectivity index (χ0v) is 15.4. The van der Waals surface area contributed by atoms with Gasteiger partial charge in [-0.2, -0.15) is 0 Å². The predicted molar refractivity (Wildman–Crippen MR) is 96.5 cm³/mol. The van der Waals surface area contributed by atoms with Crippen molar-refractivity contribution in [2.75, 3.05) is 26.2 Å². The number of hydrogen-bond donors (Lipinski definition) is 1. The Morgan fingerprint density at radius 3 is 2.04 bits per heavy atom. The Hall–Kier alpha value is -2.37. The highest BCUT2D eigenvalue weighted by Crippen LogP contribution is 2.40. The maximum Gasteiger partial charge on any atom is 0.311 e. The van der Waals surface area contributed by atoms with Gasteiger partial charge in [-0.25, -0.2) is 0 Å². The molecule has 1 N–H and O–H groups in total. The number of carboxylic acid groups (broad SMARTS) is 1. The summed E-state index contributed by atoms with van der Waals surface area (Å²) >= 11 is 0. The number of nitrogens with zero attached hydrogens (tertiary/aromatic N) is 2. The molecule has 3 rings (SSSR count). The van der Waals surface area contributed by atoms with Gasteiger partial charge in [-0.3, -0.25) is 14.4 Å². The average molecular weight is 358 g/mol. The molecular formula is C20H26N2O4. The van der Waals surface area contributed by atoms with Gasteiger partial charge in [0.25, 0.3) is 0 Å². The summed E-state index contributed by atoms with van der Waals surface area (Å²) in [4.78, 5) is 40.3. The van der Waals surface area contributed by atoms with Crippen molar-refractivity contribution in [2.24, 2.45) is 5.41 Å². The van der Waals surface area contributed by atoms with Crippen molar-refractivity contribution in [3.63, 3.8) is 0 Å². The maximum atomic E-state index is 13.5. The minimum atomic E-state index is -0.881. The Morgan fingerprint density at radius 1 is 0.962 bits per heavy atom. The van der Waals surface area contributed by atoms with Gasteiger partial charge in [0.05, 0.1) is 10.8 Å². The summed E-state index contributed by atoms with van der Waals surface area (Å²) < 4.78 is 0. The lowest BCUT2D eigenvalue weighted by Crippen LogP contribution is -2.53. The molecule has 2 amide bonds. The number of hydrogen-bond acceptors (Lipinski definition) is 3. The molecule has 2 heterocycles. The third-order valence-electron chi connectivity index (χ3n) is 6.07. The molecule has 2 aliphatic rings. The van der Waals surface area contributed by atoms with Crippen molar-refractivity contribution in [1.82, 2.24) is 9.80 Å². The minimum Gasteiger partial charge on any atom is -0.481 e. The van der Waals surface area contributed by atoms with E-state index in [0.717, 1.165) is 5.56 Å². The maximum absolute atomic E-state index is 13.5. The smallest absolute Gasteiger partial charge is 0.311 e. The fourth-order valence-electron chi connectivity index (χ4n) is 4.20. The van der Waals surface area contributed by atoms with Crippen molar-refractivity contribution in [1.29, 1.82) is 0 Å². The van der Waals surface area contributed by atoms with Gasteiger partial charge in [0.2, 0.25) is 11.8 Å². The first-order valence-corrected chi connectivity index (χ1v) is 9.12. The lowest BCUT2D eigenvalue weighted by molar-refractivity contribution is -0.148. The van der Waals surface area contributed by atoms with Crippen LogP contribution in [-0.4, -0.2) is 58.9 Å². The zero-order chi connectivity index (χ0) is 18.9. The summed E-state index contributed by atoms with van der Waals surface area (Å²) in [7, 11) is 0. The first-order chi connectivity index (χ1) is 12.3. The molecule has 2 saturated heterocycles. The zero-order valence-electron chi connectivity index (χ0n) is 15.4. The summed E-state index contributed by atoms with van der Waals surface area (Å²) in [5.41, 5.74) is -0.609. The van der Waals surface area contributed by atoms with Crippen LogP contribution in [0.25, 0.3) is 0 Å². The molecule has 0 bridgehead atoms. The van der Waals surface area contributed by atoms with E-state index in [4.69, 9.17) is 0 Å². The lowest BCUT2D eigenvalue weighted by atomic mass is 9.71. The van der Waals surface area contributed by atoms with Crippen molar-refractivity contribution >= 4 is 17.8 Å². The summed E-state index contributed by atoms with van der Waals surface area (Å²) in [6.07, 6.45) is 1.60. The number of benzene rings is 1. The van der Waals surface area contributed by atoms with Crippen molar-refractivity contribution in [3.8, 4) is 0 Å². The number of carboxylic acids is 1. The second-order valence-electron chi connectivity index (χ2n) is 7.80. The number of aliphatic carboxylic acids is 1. The Labute approximate surface area is 153 Å². The molecule has 1 aromatic carbocycles. The molecule has 0 saturated carbocycles. The molecular weight excluding hydrogens is 332 g/mol. The van der Waals surface area contributed by atoms with Crippen LogP contribution in [0.3, 0.4) is 0 Å². The van der Waals surface area contributed by atoms with Crippen LogP contribution in [0.5, 0.6) is 0 Å². The molecule has 1 atom stereocenters. The molecule has 26 heavy (non-hydrogen) atoms. The Morgan fingerprint density at radius 2 is 1.54 bits per heavy atom. The van der Waals surface area contributed by atoms with Crippen LogP contribution in [0, 0.1) is 5.41 Å². The monoisotopic (exact) mass is 358 g/mol. The first kappa shape index (κ1) is 18.4. The molecule has 1 aromatic rings. The van der Waals surface area contributed by atoms with Gasteiger partial charge >= 0.3 is 5.97 Å². The second kappa shape index (κ2) is 6.74. The Bertz CT molecular complexity index is 710. The Kier molecular flexibility index (Phi) is 4.78. The number of carbonyl (C=O) groups excluding carboxylic acids is 2. The highest BCUT2D eigenvalue weighted by Gasteiger charge is 2.50. The average Bonchev–Trinajstić information content (AvgIpc) is 3.05. The molecule has 2 aliphatic heterocycles. The van der Waals surface area contributed by atoms with E-state index in [1.165, 1.54) is 0 Å². The van der Waals surface area contributed by atoms with Gasteiger partial charge < -0.3 is 14.9 Å². The molecule has 0 spiro atoms. The summed E-state index contributed by atoms with van der Waals surface area (Å²) in [5, 5.41) is 9.48. The molecule has 0 aliphatic carbocycles. The molecule has 0 radical (unpaired) electrons. The summed E-state index contributed by atoms with van der Waals surface area (Å²) in [5.74, 6) is -0.830. The fraction of sp³-hybridized carbons (Fsp3) is 0.550. The van der Waals surface area contributed by atoms with E-state index in [9.17, 15) is 19.5 Å². The van der Waals surface area contributed by atoms with Gasteiger partial charge in [0, 0.05) is 33.1 Å². The third kappa shape index (κ3) is 3.08. The van der Waals surface area contributed by atoms with Crippen molar-refractivity contribution in [3.05, 3.63) is 35.9 Å². The van der Waals surface area contributed by atoms with Gasteiger partial charge in [-0.15, -0.1) is 0 Å². The quantitative estimate of drug-likeness (QED) is 0.895. The third-order valence-corrected chi connectivity index (χ3v) is 6.07. The SMILES string of the molecule is CC(=O)N1CCC(C(=O)N2CC[C@@](C)(C(=O)O)C2)(c2ccccc2)CC1. The van der Waals surface area contributed by atoms with E-state index in [1.807, 2.05) is 30.3 Å². The number of amides is 2. The van der Waals surface area contributed by atoms with Crippen LogP contribution in [-0.2, 0) is 19.8 Å². The molecule has 0 unspecified atom stereocenters. The minimum absolute atomic E-state index is 0.00289. The lowest BCUT2D eigenvalue weighted by Gasteiger charge is -2.43. The largest absolute Gasteiger partial charge is 0.481 e. The van der Waals surface area contributed by atoms with E-state index >= 15 is 0 Å². The van der Waals surface area contributed by atoms with Crippen LogP contribution in [0.1, 0.15) is 38.7 Å².